The number of fused-ring (bicyclic) bond motifs is 3. The highest BCUT2D eigenvalue weighted by molar-refractivity contribution is 6.07. The van der Waals surface area contributed by atoms with Crippen molar-refractivity contribution < 1.29 is 0 Å². The third-order valence-electron chi connectivity index (χ3n) is 3.14. The number of hydrogen-bond acceptors (Lipinski definition) is 1. The van der Waals surface area contributed by atoms with E-state index in [1.807, 2.05) is 12.4 Å². The molecule has 0 fully saturated rings. The van der Waals surface area contributed by atoms with Crippen LogP contribution in [0, 0.1) is 6.92 Å². The second-order valence-corrected chi connectivity index (χ2v) is 4.16. The van der Waals surface area contributed by atoms with E-state index in [1.165, 1.54) is 27.4 Å². The third kappa shape index (κ3) is 1.16. The fraction of sp³-hybridized carbons (Fsp3) is 0.214. The van der Waals surface area contributed by atoms with Crippen LogP contribution in [0.2, 0.25) is 0 Å². The molecule has 2 nitrogen and oxygen atoms in total. The summed E-state index contributed by atoms with van der Waals surface area (Å²) in [6.07, 6.45) is 3.82. The lowest BCUT2D eigenvalue weighted by Crippen LogP contribution is -1.92. The van der Waals surface area contributed by atoms with Gasteiger partial charge in [-0.05, 0) is 32.0 Å². The maximum atomic E-state index is 4.22. The molecule has 0 N–H and O–H groups in total. The maximum Gasteiger partial charge on any atom is 0.0677 e. The first-order valence-electron chi connectivity index (χ1n) is 5.64. The van der Waals surface area contributed by atoms with Crippen LogP contribution in [0.4, 0.5) is 0 Å². The molecule has 80 valence electrons. The Balaban J connectivity index is 2.59. The van der Waals surface area contributed by atoms with Crippen molar-refractivity contribution in [1.29, 1.82) is 0 Å². The molecule has 0 aliphatic heterocycles. The standard InChI is InChI=1S/C14H14N2/c1-3-16-13-5-4-10(2)8-12(13)11-6-7-15-9-14(11)16/h4-9H,3H2,1-2H3. The molecular formula is C14H14N2. The fourth-order valence-corrected chi connectivity index (χ4v) is 2.40. The summed E-state index contributed by atoms with van der Waals surface area (Å²) in [5.74, 6) is 0. The van der Waals surface area contributed by atoms with Crippen LogP contribution < -0.4 is 0 Å². The number of rotatable bonds is 1. The lowest BCUT2D eigenvalue weighted by molar-refractivity contribution is 0.825. The van der Waals surface area contributed by atoms with Crippen LogP contribution in [0.1, 0.15) is 12.5 Å². The molecule has 1 aromatic carbocycles. The van der Waals surface area contributed by atoms with Gasteiger partial charge in [0.2, 0.25) is 0 Å². The van der Waals surface area contributed by atoms with Crippen LogP contribution in [0.5, 0.6) is 0 Å². The summed E-state index contributed by atoms with van der Waals surface area (Å²) in [6.45, 7) is 5.29. The van der Waals surface area contributed by atoms with Crippen molar-refractivity contribution in [3.63, 3.8) is 0 Å². The number of nitrogens with zero attached hydrogens (tertiary/aromatic N) is 2. The van der Waals surface area contributed by atoms with Gasteiger partial charge >= 0.3 is 0 Å². The van der Waals surface area contributed by atoms with Crippen molar-refractivity contribution in [3.8, 4) is 0 Å². The van der Waals surface area contributed by atoms with E-state index in [4.69, 9.17) is 0 Å². The lowest BCUT2D eigenvalue weighted by Gasteiger charge is -2.01. The molecule has 0 bridgehead atoms. The Kier molecular flexibility index (Phi) is 1.96. The van der Waals surface area contributed by atoms with Gasteiger partial charge in [-0.1, -0.05) is 11.6 Å². The average Bonchev–Trinajstić information content (AvgIpc) is 2.62. The highest BCUT2D eigenvalue weighted by Gasteiger charge is 2.08. The summed E-state index contributed by atoms with van der Waals surface area (Å²) in [7, 11) is 0. The van der Waals surface area contributed by atoms with Crippen molar-refractivity contribution in [3.05, 3.63) is 42.2 Å². The Morgan fingerprint density at radius 3 is 2.81 bits per heavy atom. The highest BCUT2D eigenvalue weighted by atomic mass is 15.0. The average molecular weight is 210 g/mol. The molecule has 0 aliphatic carbocycles. The van der Waals surface area contributed by atoms with Gasteiger partial charge in [0, 0.05) is 29.0 Å². The molecule has 2 heterocycles. The number of aryl methyl sites for hydroxylation is 2. The van der Waals surface area contributed by atoms with Crippen LogP contribution in [0.25, 0.3) is 21.8 Å². The summed E-state index contributed by atoms with van der Waals surface area (Å²) in [6, 6.07) is 8.72. The van der Waals surface area contributed by atoms with Gasteiger partial charge < -0.3 is 4.57 Å². The Hall–Kier alpha value is -1.83. The van der Waals surface area contributed by atoms with Crippen molar-refractivity contribution in [2.24, 2.45) is 0 Å². The first kappa shape index (κ1) is 9.40. The molecule has 0 spiro atoms. The van der Waals surface area contributed by atoms with E-state index in [0.717, 1.165) is 6.54 Å². The van der Waals surface area contributed by atoms with Crippen LogP contribution in [0.15, 0.2) is 36.7 Å². The van der Waals surface area contributed by atoms with Crippen LogP contribution in [-0.4, -0.2) is 9.55 Å². The van der Waals surface area contributed by atoms with Crippen LogP contribution in [0.3, 0.4) is 0 Å². The minimum atomic E-state index is 0.981. The van der Waals surface area contributed by atoms with E-state index in [1.54, 1.807) is 0 Å². The molecule has 0 saturated carbocycles. The highest BCUT2D eigenvalue weighted by Crippen LogP contribution is 2.28. The van der Waals surface area contributed by atoms with Crippen LogP contribution >= 0.6 is 0 Å². The Labute approximate surface area is 94.5 Å². The molecule has 3 aromatic rings. The molecule has 0 aliphatic rings. The topological polar surface area (TPSA) is 17.8 Å². The summed E-state index contributed by atoms with van der Waals surface area (Å²) < 4.78 is 2.32. The lowest BCUT2D eigenvalue weighted by atomic mass is 10.1. The van der Waals surface area contributed by atoms with Crippen molar-refractivity contribution in [1.82, 2.24) is 9.55 Å². The molecule has 16 heavy (non-hydrogen) atoms. The summed E-state index contributed by atoms with van der Waals surface area (Å²) in [4.78, 5) is 4.22. The van der Waals surface area contributed by atoms with E-state index in [-0.39, 0.29) is 0 Å². The van der Waals surface area contributed by atoms with Gasteiger partial charge in [0.05, 0.1) is 11.7 Å². The normalized spacial score (nSPS) is 11.4. The minimum Gasteiger partial charge on any atom is -0.339 e. The molecular weight excluding hydrogens is 196 g/mol. The monoisotopic (exact) mass is 210 g/mol. The second-order valence-electron chi connectivity index (χ2n) is 4.16. The zero-order chi connectivity index (χ0) is 11.1. The van der Waals surface area contributed by atoms with Crippen molar-refractivity contribution in [2.45, 2.75) is 20.4 Å². The quantitative estimate of drug-likeness (QED) is 0.601. The zero-order valence-corrected chi connectivity index (χ0v) is 9.57. The molecule has 3 rings (SSSR count). The van der Waals surface area contributed by atoms with E-state index >= 15 is 0 Å². The minimum absolute atomic E-state index is 0.981. The van der Waals surface area contributed by atoms with Gasteiger partial charge in [-0.15, -0.1) is 0 Å². The summed E-state index contributed by atoms with van der Waals surface area (Å²) >= 11 is 0. The van der Waals surface area contributed by atoms with E-state index in [2.05, 4.69) is 47.7 Å². The second kappa shape index (κ2) is 3.34. The van der Waals surface area contributed by atoms with Gasteiger partial charge in [0.15, 0.2) is 0 Å². The Morgan fingerprint density at radius 1 is 1.12 bits per heavy atom. The smallest absolute Gasteiger partial charge is 0.0677 e. The number of benzene rings is 1. The SMILES string of the molecule is CCn1c2ccc(C)cc2c2ccncc21. The van der Waals surface area contributed by atoms with E-state index < -0.39 is 0 Å². The van der Waals surface area contributed by atoms with Gasteiger partial charge in [0.1, 0.15) is 0 Å². The largest absolute Gasteiger partial charge is 0.339 e. The number of hydrogen-bond donors (Lipinski definition) is 0. The predicted octanol–water partition coefficient (Wildman–Crippen LogP) is 3.52. The first-order chi connectivity index (χ1) is 7.81. The first-order valence-corrected chi connectivity index (χ1v) is 5.64. The van der Waals surface area contributed by atoms with Crippen molar-refractivity contribution >= 4 is 21.8 Å². The molecule has 0 atom stereocenters. The fourth-order valence-electron chi connectivity index (χ4n) is 2.40. The number of aromatic nitrogens is 2. The molecule has 2 aromatic heterocycles. The summed E-state index contributed by atoms with van der Waals surface area (Å²) in [5, 5.41) is 2.63. The molecule has 0 unspecified atom stereocenters. The van der Waals surface area contributed by atoms with Gasteiger partial charge in [-0.25, -0.2) is 0 Å². The zero-order valence-electron chi connectivity index (χ0n) is 9.57. The Morgan fingerprint density at radius 2 is 2.00 bits per heavy atom. The van der Waals surface area contributed by atoms with Gasteiger partial charge in [-0.2, -0.15) is 0 Å². The van der Waals surface area contributed by atoms with E-state index in [0.29, 0.717) is 0 Å². The summed E-state index contributed by atoms with van der Waals surface area (Å²) in [5.41, 5.74) is 3.83. The molecule has 0 radical (unpaired) electrons. The molecule has 2 heteroatoms. The van der Waals surface area contributed by atoms with E-state index in [9.17, 15) is 0 Å². The number of pyridine rings is 1. The maximum absolute atomic E-state index is 4.22. The molecule has 0 saturated heterocycles. The Bertz CT molecular complexity index is 665. The predicted molar refractivity (Wildman–Crippen MR) is 67.7 cm³/mol. The molecule has 0 amide bonds. The van der Waals surface area contributed by atoms with Crippen molar-refractivity contribution in [2.75, 3.05) is 0 Å². The third-order valence-corrected chi connectivity index (χ3v) is 3.14. The van der Waals surface area contributed by atoms with Crippen LogP contribution in [-0.2, 0) is 6.54 Å². The van der Waals surface area contributed by atoms with Gasteiger partial charge in [0.25, 0.3) is 0 Å². The van der Waals surface area contributed by atoms with Gasteiger partial charge in [-0.3, -0.25) is 4.98 Å².